The van der Waals surface area contributed by atoms with Gasteiger partial charge < -0.3 is 10.1 Å². The number of carbonyl (C=O) groups excluding carboxylic acids is 1. The van der Waals surface area contributed by atoms with Crippen LogP contribution in [0.4, 0.5) is 14.5 Å². The van der Waals surface area contributed by atoms with Crippen molar-refractivity contribution in [3.05, 3.63) is 23.2 Å². The number of benzene rings is 1. The number of alkyl halides is 2. The molecule has 0 aliphatic heterocycles. The van der Waals surface area contributed by atoms with Gasteiger partial charge in [0.25, 0.3) is 6.43 Å². The quantitative estimate of drug-likeness (QED) is 0.877. The van der Waals surface area contributed by atoms with Gasteiger partial charge in [0.2, 0.25) is 0 Å². The van der Waals surface area contributed by atoms with Gasteiger partial charge in [-0.2, -0.15) is 0 Å². The largest absolute Gasteiger partial charge is 0.467 e. The number of methoxy groups -OCH3 is 1. The van der Waals surface area contributed by atoms with E-state index in [0.29, 0.717) is 15.9 Å². The zero-order valence-electron chi connectivity index (χ0n) is 10.3. The molecule has 0 aliphatic rings. The molecule has 0 aliphatic carbocycles. The first kappa shape index (κ1) is 13.7. The number of nitrogens with zero attached hydrogens (tertiary/aromatic N) is 1. The summed E-state index contributed by atoms with van der Waals surface area (Å²) in [6.45, 7) is 1.66. The predicted octanol–water partition coefficient (Wildman–Crippen LogP) is 3.21. The molecule has 102 valence electrons. The number of ether oxygens (including phenoxy) is 1. The Bertz CT molecular complexity index is 600. The Morgan fingerprint density at radius 2 is 2.21 bits per heavy atom. The average molecular weight is 286 g/mol. The highest BCUT2D eigenvalue weighted by Crippen LogP contribution is 2.30. The number of fused-ring (bicyclic) bond motifs is 1. The van der Waals surface area contributed by atoms with Gasteiger partial charge in [-0.25, -0.2) is 18.6 Å². The number of aromatic nitrogens is 1. The van der Waals surface area contributed by atoms with Crippen LogP contribution < -0.4 is 5.32 Å². The summed E-state index contributed by atoms with van der Waals surface area (Å²) in [5, 5.41) is 2.74. The van der Waals surface area contributed by atoms with E-state index in [1.54, 1.807) is 25.1 Å². The van der Waals surface area contributed by atoms with Crippen molar-refractivity contribution in [2.75, 3.05) is 12.4 Å². The lowest BCUT2D eigenvalue weighted by Crippen LogP contribution is -2.27. The molecule has 0 fully saturated rings. The van der Waals surface area contributed by atoms with E-state index in [1.165, 1.54) is 7.11 Å². The number of halogens is 2. The number of carbonyl (C=O) groups is 1. The second-order valence-corrected chi connectivity index (χ2v) is 4.99. The maximum absolute atomic E-state index is 12.5. The topological polar surface area (TPSA) is 51.2 Å². The van der Waals surface area contributed by atoms with Crippen LogP contribution in [0.25, 0.3) is 10.2 Å². The van der Waals surface area contributed by atoms with Gasteiger partial charge in [-0.15, -0.1) is 11.3 Å². The van der Waals surface area contributed by atoms with Crippen LogP contribution in [0.1, 0.15) is 18.4 Å². The van der Waals surface area contributed by atoms with Crippen LogP contribution >= 0.6 is 11.3 Å². The number of hydrogen-bond donors (Lipinski definition) is 1. The van der Waals surface area contributed by atoms with E-state index in [4.69, 9.17) is 0 Å². The van der Waals surface area contributed by atoms with E-state index in [0.717, 1.165) is 11.3 Å². The zero-order valence-corrected chi connectivity index (χ0v) is 11.1. The summed E-state index contributed by atoms with van der Waals surface area (Å²) in [4.78, 5) is 15.1. The Morgan fingerprint density at radius 3 is 2.84 bits per heavy atom. The normalized spacial score (nSPS) is 12.7. The van der Waals surface area contributed by atoms with Crippen LogP contribution in [0.15, 0.2) is 18.2 Å². The first-order valence-corrected chi connectivity index (χ1v) is 6.36. The molecule has 0 saturated carbocycles. The Kier molecular flexibility index (Phi) is 3.94. The van der Waals surface area contributed by atoms with Crippen LogP contribution in [0.3, 0.4) is 0 Å². The summed E-state index contributed by atoms with van der Waals surface area (Å²) < 4.78 is 30.3. The van der Waals surface area contributed by atoms with E-state index < -0.39 is 18.4 Å². The molecule has 2 aromatic rings. The molecular formula is C12H12F2N2O2S. The third-order valence-corrected chi connectivity index (χ3v) is 3.56. The molecule has 1 aromatic heterocycles. The maximum atomic E-state index is 12.5. The molecule has 0 bridgehead atoms. The molecule has 19 heavy (non-hydrogen) atoms. The van der Waals surface area contributed by atoms with Crippen molar-refractivity contribution in [1.29, 1.82) is 0 Å². The molecule has 0 spiro atoms. The standard InChI is InChI=1S/C12H12F2N2O2S/c1-6(12(17)18-2)15-7-3-4-8-9(5-7)19-11(16-8)10(13)14/h3-6,10,15H,1-2H3. The van der Waals surface area contributed by atoms with Gasteiger partial charge in [-0.3, -0.25) is 0 Å². The minimum absolute atomic E-state index is 0.201. The molecule has 1 N–H and O–H groups in total. The van der Waals surface area contributed by atoms with Crippen molar-refractivity contribution in [1.82, 2.24) is 4.98 Å². The molecule has 7 heteroatoms. The van der Waals surface area contributed by atoms with Crippen LogP contribution in [-0.4, -0.2) is 24.1 Å². The number of esters is 1. The van der Waals surface area contributed by atoms with E-state index in [2.05, 4.69) is 15.0 Å². The third kappa shape index (κ3) is 2.98. The molecule has 0 amide bonds. The Morgan fingerprint density at radius 1 is 1.47 bits per heavy atom. The molecule has 1 aromatic carbocycles. The number of hydrogen-bond acceptors (Lipinski definition) is 5. The molecule has 0 radical (unpaired) electrons. The van der Waals surface area contributed by atoms with Gasteiger partial charge in [0.1, 0.15) is 6.04 Å². The lowest BCUT2D eigenvalue weighted by Gasteiger charge is -2.12. The summed E-state index contributed by atoms with van der Waals surface area (Å²) in [6, 6.07) is 4.52. The fourth-order valence-electron chi connectivity index (χ4n) is 1.61. The summed E-state index contributed by atoms with van der Waals surface area (Å²) in [6.07, 6.45) is -2.57. The van der Waals surface area contributed by atoms with Crippen molar-refractivity contribution in [2.45, 2.75) is 19.4 Å². The minimum atomic E-state index is -2.57. The van der Waals surface area contributed by atoms with E-state index in [-0.39, 0.29) is 5.01 Å². The Hall–Kier alpha value is -1.76. The van der Waals surface area contributed by atoms with Crippen molar-refractivity contribution in [3.63, 3.8) is 0 Å². The number of thiazole rings is 1. The first-order valence-electron chi connectivity index (χ1n) is 5.54. The molecule has 4 nitrogen and oxygen atoms in total. The molecule has 2 rings (SSSR count). The SMILES string of the molecule is COC(=O)C(C)Nc1ccc2nc(C(F)F)sc2c1. The monoisotopic (exact) mass is 286 g/mol. The van der Waals surface area contributed by atoms with Gasteiger partial charge in [-0.1, -0.05) is 0 Å². The lowest BCUT2D eigenvalue weighted by molar-refractivity contribution is -0.141. The van der Waals surface area contributed by atoms with Gasteiger partial charge >= 0.3 is 5.97 Å². The number of anilines is 1. The van der Waals surface area contributed by atoms with Crippen molar-refractivity contribution >= 4 is 33.2 Å². The number of rotatable bonds is 4. The maximum Gasteiger partial charge on any atom is 0.327 e. The summed E-state index contributed by atoms with van der Waals surface area (Å²) in [5.74, 6) is -0.391. The Balaban J connectivity index is 2.23. The van der Waals surface area contributed by atoms with Crippen LogP contribution in [0.2, 0.25) is 0 Å². The van der Waals surface area contributed by atoms with Crippen LogP contribution in [0, 0.1) is 0 Å². The predicted molar refractivity (Wildman–Crippen MR) is 69.7 cm³/mol. The van der Waals surface area contributed by atoms with Crippen molar-refractivity contribution in [3.8, 4) is 0 Å². The molecule has 1 unspecified atom stereocenters. The van der Waals surface area contributed by atoms with Crippen molar-refractivity contribution in [2.24, 2.45) is 0 Å². The average Bonchev–Trinajstić information content (AvgIpc) is 2.81. The zero-order chi connectivity index (χ0) is 14.0. The highest BCUT2D eigenvalue weighted by molar-refractivity contribution is 7.18. The van der Waals surface area contributed by atoms with E-state index in [1.807, 2.05) is 0 Å². The van der Waals surface area contributed by atoms with Gasteiger partial charge in [0.05, 0.1) is 17.3 Å². The summed E-state index contributed by atoms with van der Waals surface area (Å²) in [7, 11) is 1.31. The highest BCUT2D eigenvalue weighted by atomic mass is 32.1. The molecular weight excluding hydrogens is 274 g/mol. The second-order valence-electron chi connectivity index (χ2n) is 3.92. The van der Waals surface area contributed by atoms with Gasteiger partial charge in [0.15, 0.2) is 5.01 Å². The molecule has 0 saturated heterocycles. The lowest BCUT2D eigenvalue weighted by atomic mass is 10.2. The number of nitrogens with one attached hydrogen (secondary N) is 1. The van der Waals surface area contributed by atoms with Crippen molar-refractivity contribution < 1.29 is 18.3 Å². The third-order valence-electron chi connectivity index (χ3n) is 2.53. The van der Waals surface area contributed by atoms with Gasteiger partial charge in [-0.05, 0) is 25.1 Å². The summed E-state index contributed by atoms with van der Waals surface area (Å²) in [5.41, 5.74) is 1.19. The fraction of sp³-hybridized carbons (Fsp3) is 0.333. The molecule has 1 atom stereocenters. The smallest absolute Gasteiger partial charge is 0.327 e. The van der Waals surface area contributed by atoms with E-state index in [9.17, 15) is 13.6 Å². The minimum Gasteiger partial charge on any atom is -0.467 e. The summed E-state index contributed by atoms with van der Waals surface area (Å²) >= 11 is 0.943. The van der Waals surface area contributed by atoms with E-state index >= 15 is 0 Å². The molecule has 1 heterocycles. The van der Waals surface area contributed by atoms with Crippen LogP contribution in [-0.2, 0) is 9.53 Å². The highest BCUT2D eigenvalue weighted by Gasteiger charge is 2.15. The second kappa shape index (κ2) is 5.48. The Labute approximate surface area is 112 Å². The first-order chi connectivity index (χ1) is 9.01. The fourth-order valence-corrected chi connectivity index (χ4v) is 2.47. The van der Waals surface area contributed by atoms with Gasteiger partial charge in [0, 0.05) is 5.69 Å². The van der Waals surface area contributed by atoms with Crippen LogP contribution in [0.5, 0.6) is 0 Å².